The highest BCUT2D eigenvalue weighted by Crippen LogP contribution is 2.35. The van der Waals surface area contributed by atoms with Crippen LogP contribution in [0.15, 0.2) is 53.5 Å². The van der Waals surface area contributed by atoms with Gasteiger partial charge in [0, 0.05) is 6.92 Å². The lowest BCUT2D eigenvalue weighted by Crippen LogP contribution is -2.21. The number of para-hydroxylation sites is 1. The Balaban J connectivity index is 1.54. The van der Waals surface area contributed by atoms with E-state index < -0.39 is 23.3 Å². The van der Waals surface area contributed by atoms with Crippen molar-refractivity contribution < 1.29 is 22.4 Å². The lowest BCUT2D eigenvalue weighted by atomic mass is 10.2. The second-order valence-electron chi connectivity index (χ2n) is 7.15. The van der Waals surface area contributed by atoms with Crippen molar-refractivity contribution in [1.29, 1.82) is 5.26 Å². The summed E-state index contributed by atoms with van der Waals surface area (Å²) in [7, 11) is 0. The van der Waals surface area contributed by atoms with E-state index in [1.807, 2.05) is 6.07 Å². The van der Waals surface area contributed by atoms with Gasteiger partial charge in [0.05, 0.1) is 41.7 Å². The zero-order valence-corrected chi connectivity index (χ0v) is 17.6. The highest BCUT2D eigenvalue weighted by molar-refractivity contribution is 6.05. The summed E-state index contributed by atoms with van der Waals surface area (Å²) in [5.41, 5.74) is -1.60. The summed E-state index contributed by atoms with van der Waals surface area (Å²) in [5.74, 6) is -0.737. The van der Waals surface area contributed by atoms with E-state index >= 15 is 0 Å². The van der Waals surface area contributed by atoms with Gasteiger partial charge in [-0.1, -0.05) is 6.07 Å². The van der Waals surface area contributed by atoms with Crippen LogP contribution >= 0.6 is 0 Å². The Morgan fingerprint density at radius 1 is 1.17 bits per heavy atom. The van der Waals surface area contributed by atoms with E-state index in [0.29, 0.717) is 4.68 Å². The molecule has 5 aromatic rings. The quantitative estimate of drug-likeness (QED) is 0.413. The fourth-order valence-corrected chi connectivity index (χ4v) is 3.48. The number of aromatic nitrogens is 7. The molecule has 0 aliphatic carbocycles. The normalized spacial score (nSPS) is 11.5. The van der Waals surface area contributed by atoms with Crippen LogP contribution in [0.5, 0.6) is 0 Å². The first-order valence-corrected chi connectivity index (χ1v) is 9.86. The maximum Gasteiger partial charge on any atom is 0.434 e. The molecular weight excluding hydrogens is 467 g/mol. The van der Waals surface area contributed by atoms with Gasteiger partial charge in [0.1, 0.15) is 17.1 Å². The maximum absolute atomic E-state index is 14.1. The van der Waals surface area contributed by atoms with Crippen LogP contribution in [0.1, 0.15) is 27.5 Å². The van der Waals surface area contributed by atoms with Crippen molar-refractivity contribution >= 4 is 22.7 Å². The van der Waals surface area contributed by atoms with E-state index in [4.69, 9.17) is 4.42 Å². The van der Waals surface area contributed by atoms with Gasteiger partial charge in [-0.15, -0.1) is 4.80 Å². The number of fused-ring (bicyclic) bond motifs is 1. The third-order valence-electron chi connectivity index (χ3n) is 4.87. The molecule has 4 aromatic heterocycles. The van der Waals surface area contributed by atoms with Gasteiger partial charge in [-0.25, -0.2) is 14.6 Å². The van der Waals surface area contributed by atoms with Crippen molar-refractivity contribution in [1.82, 2.24) is 34.7 Å². The molecule has 1 amide bonds. The maximum atomic E-state index is 14.1. The van der Waals surface area contributed by atoms with Crippen LogP contribution < -0.4 is 5.32 Å². The minimum absolute atomic E-state index is 0.00109. The minimum Gasteiger partial charge on any atom is -0.441 e. The van der Waals surface area contributed by atoms with E-state index in [0.717, 1.165) is 11.0 Å². The fraction of sp³-hybridized carbons (Fsp3) is 0.0952. The third-order valence-corrected chi connectivity index (χ3v) is 4.87. The molecule has 11 nitrogen and oxygen atoms in total. The molecule has 0 atom stereocenters. The molecule has 0 spiro atoms. The first-order valence-electron chi connectivity index (χ1n) is 9.86. The summed E-state index contributed by atoms with van der Waals surface area (Å²) < 4.78 is 48.3. The molecule has 174 valence electrons. The van der Waals surface area contributed by atoms with Crippen LogP contribution in [-0.2, 0) is 6.18 Å². The summed E-state index contributed by atoms with van der Waals surface area (Å²) in [4.78, 5) is 22.1. The van der Waals surface area contributed by atoms with Gasteiger partial charge >= 0.3 is 6.18 Å². The van der Waals surface area contributed by atoms with Crippen molar-refractivity contribution in [3.05, 3.63) is 71.8 Å². The van der Waals surface area contributed by atoms with Crippen LogP contribution in [0, 0.1) is 18.3 Å². The molecule has 1 N–H and O–H groups in total. The smallest absolute Gasteiger partial charge is 0.434 e. The van der Waals surface area contributed by atoms with Crippen molar-refractivity contribution in [2.45, 2.75) is 13.1 Å². The van der Waals surface area contributed by atoms with Gasteiger partial charge in [-0.2, -0.15) is 33.7 Å². The number of halogens is 3. The number of aryl methyl sites for hydroxylation is 1. The van der Waals surface area contributed by atoms with Crippen LogP contribution in [0.2, 0.25) is 0 Å². The molecule has 0 aliphatic heterocycles. The number of hydrogen-bond acceptors (Lipinski definition) is 8. The third kappa shape index (κ3) is 3.84. The number of nitrogens with zero attached hydrogens (tertiary/aromatic N) is 8. The lowest BCUT2D eigenvalue weighted by molar-refractivity contribution is -0.143. The minimum atomic E-state index is -4.93. The summed E-state index contributed by atoms with van der Waals surface area (Å²) in [5, 5.41) is 23.3. The zero-order valence-electron chi connectivity index (χ0n) is 17.6. The first-order chi connectivity index (χ1) is 16.8. The molecule has 0 saturated carbocycles. The molecule has 4 heterocycles. The van der Waals surface area contributed by atoms with Gasteiger partial charge in [0.2, 0.25) is 0 Å². The van der Waals surface area contributed by atoms with E-state index in [9.17, 15) is 23.2 Å². The molecule has 0 aliphatic rings. The SMILES string of the molecule is Cc1nc2c(-n3ncc(C(=O)Nc4cnc(-n5nccn5)c(C#N)c4)c3C(F)(F)F)cccc2o1. The predicted molar refractivity (Wildman–Crippen MR) is 113 cm³/mol. The van der Waals surface area contributed by atoms with Gasteiger partial charge in [-0.05, 0) is 18.2 Å². The number of nitrogens with one attached hydrogen (secondary N) is 1. The summed E-state index contributed by atoms with van der Waals surface area (Å²) in [6.45, 7) is 1.56. The van der Waals surface area contributed by atoms with Crippen molar-refractivity contribution in [3.63, 3.8) is 0 Å². The predicted octanol–water partition coefficient (Wildman–Crippen LogP) is 3.44. The average molecular weight is 479 g/mol. The van der Waals surface area contributed by atoms with E-state index in [2.05, 4.69) is 30.6 Å². The molecule has 14 heteroatoms. The topological polar surface area (TPSA) is 140 Å². The van der Waals surface area contributed by atoms with Crippen molar-refractivity contribution in [2.75, 3.05) is 5.32 Å². The number of rotatable bonds is 4. The number of amides is 1. The number of hydrogen-bond donors (Lipinski definition) is 1. The number of anilines is 1. The molecule has 0 unspecified atom stereocenters. The number of pyridine rings is 1. The largest absolute Gasteiger partial charge is 0.441 e. The number of nitriles is 1. The van der Waals surface area contributed by atoms with Gasteiger partial charge in [0.25, 0.3) is 5.91 Å². The Morgan fingerprint density at radius 3 is 2.66 bits per heavy atom. The number of oxazole rings is 1. The molecule has 0 saturated heterocycles. The lowest BCUT2D eigenvalue weighted by Gasteiger charge is -2.13. The fourth-order valence-electron chi connectivity index (χ4n) is 3.48. The van der Waals surface area contributed by atoms with E-state index in [1.165, 1.54) is 36.8 Å². The molecule has 1 aromatic carbocycles. The Hall–Kier alpha value is -5.06. The molecule has 0 radical (unpaired) electrons. The summed E-state index contributed by atoms with van der Waals surface area (Å²) >= 11 is 0. The molecule has 0 fully saturated rings. The Labute approximate surface area is 193 Å². The van der Waals surface area contributed by atoms with Crippen LogP contribution in [0.3, 0.4) is 0 Å². The van der Waals surface area contributed by atoms with Crippen LogP contribution in [-0.4, -0.2) is 40.6 Å². The van der Waals surface area contributed by atoms with Crippen molar-refractivity contribution in [2.24, 2.45) is 0 Å². The van der Waals surface area contributed by atoms with Crippen molar-refractivity contribution in [3.8, 4) is 17.6 Å². The average Bonchev–Trinajstić information content (AvgIpc) is 3.56. The van der Waals surface area contributed by atoms with Crippen LogP contribution in [0.25, 0.3) is 22.6 Å². The van der Waals surface area contributed by atoms with Gasteiger partial charge in [0.15, 0.2) is 23.0 Å². The number of alkyl halides is 3. The molecule has 35 heavy (non-hydrogen) atoms. The second kappa shape index (κ2) is 8.06. The molecule has 0 bridgehead atoms. The first kappa shape index (κ1) is 21.8. The Bertz CT molecular complexity index is 1610. The van der Waals surface area contributed by atoms with Gasteiger partial charge in [-0.3, -0.25) is 4.79 Å². The number of carbonyl (C=O) groups excluding carboxylic acids is 1. The highest BCUT2D eigenvalue weighted by Gasteiger charge is 2.41. The second-order valence-corrected chi connectivity index (χ2v) is 7.15. The monoisotopic (exact) mass is 479 g/mol. The van der Waals surface area contributed by atoms with E-state index in [-0.39, 0.29) is 39.7 Å². The summed E-state index contributed by atoms with van der Waals surface area (Å²) in [6.07, 6.45) is -0.181. The Kier molecular flexibility index (Phi) is 5.01. The molecule has 5 rings (SSSR count). The number of carbonyl (C=O) groups is 1. The number of benzene rings is 1. The highest BCUT2D eigenvalue weighted by atomic mass is 19.4. The molecular formula is C21H12F3N9O2. The summed E-state index contributed by atoms with van der Waals surface area (Å²) in [6, 6.07) is 7.58. The standard InChI is InChI=1S/C21H12F3N9O2/c1-11-30-17-15(3-2-4-16(17)35-11)32-18(21(22,23)24)14(10-29-32)20(34)31-13-7-12(8-25)19(26-9-13)33-27-5-6-28-33/h2-7,9-10H,1H3,(H,31,34). The van der Waals surface area contributed by atoms with Crippen LogP contribution in [0.4, 0.5) is 18.9 Å². The Morgan fingerprint density at radius 2 is 1.94 bits per heavy atom. The van der Waals surface area contributed by atoms with E-state index in [1.54, 1.807) is 13.0 Å². The zero-order chi connectivity index (χ0) is 24.7. The van der Waals surface area contributed by atoms with Gasteiger partial charge < -0.3 is 9.73 Å².